The second-order valence-electron chi connectivity index (χ2n) is 4.65. The number of aromatic nitrogens is 2. The van der Waals surface area contributed by atoms with Crippen LogP contribution in [0, 0.1) is 4.77 Å². The van der Waals surface area contributed by atoms with Crippen LogP contribution in [0.25, 0.3) is 11.0 Å². The first kappa shape index (κ1) is 12.9. The molecule has 98 valence electrons. The maximum Gasteiger partial charge on any atom is 0.178 e. The Hall–Kier alpha value is -1.10. The van der Waals surface area contributed by atoms with E-state index in [1.807, 2.05) is 18.2 Å². The number of benzene rings is 1. The zero-order valence-electron chi connectivity index (χ0n) is 10.4. The van der Waals surface area contributed by atoms with Gasteiger partial charge in [-0.3, -0.25) is 0 Å². The summed E-state index contributed by atoms with van der Waals surface area (Å²) in [6.45, 7) is 2.18. The zero-order valence-corrected chi connectivity index (χ0v) is 12.8. The smallest absolute Gasteiger partial charge is 0.178 e. The predicted octanol–water partition coefficient (Wildman–Crippen LogP) is 5.22. The SMILES string of the molecule is CC(Cc1ccsc1)n1c(=S)[nH]c2ccc(Cl)cc21. The molecule has 0 saturated heterocycles. The van der Waals surface area contributed by atoms with Crippen LogP contribution in [0.2, 0.25) is 5.02 Å². The molecule has 2 aromatic heterocycles. The fraction of sp³-hybridized carbons (Fsp3) is 0.214. The second-order valence-corrected chi connectivity index (χ2v) is 6.25. The van der Waals surface area contributed by atoms with Crippen molar-refractivity contribution in [2.75, 3.05) is 0 Å². The Labute approximate surface area is 125 Å². The van der Waals surface area contributed by atoms with Crippen molar-refractivity contribution in [3.8, 4) is 0 Å². The van der Waals surface area contributed by atoms with Crippen molar-refractivity contribution in [3.63, 3.8) is 0 Å². The van der Waals surface area contributed by atoms with E-state index in [4.69, 9.17) is 23.8 Å². The number of nitrogens with zero attached hydrogens (tertiary/aromatic N) is 1. The molecule has 2 nitrogen and oxygen atoms in total. The average Bonchev–Trinajstić information content (AvgIpc) is 2.95. The maximum atomic E-state index is 6.09. The van der Waals surface area contributed by atoms with Gasteiger partial charge in [0.25, 0.3) is 0 Å². The van der Waals surface area contributed by atoms with Crippen LogP contribution in [0.3, 0.4) is 0 Å². The quantitative estimate of drug-likeness (QED) is 0.658. The molecule has 0 fully saturated rings. The van der Waals surface area contributed by atoms with Crippen molar-refractivity contribution in [1.82, 2.24) is 9.55 Å². The van der Waals surface area contributed by atoms with Gasteiger partial charge < -0.3 is 9.55 Å². The number of thiophene rings is 1. The number of H-pyrrole nitrogens is 1. The van der Waals surface area contributed by atoms with Crippen LogP contribution in [0.4, 0.5) is 0 Å². The van der Waals surface area contributed by atoms with Gasteiger partial charge in [-0.1, -0.05) is 11.6 Å². The van der Waals surface area contributed by atoms with Crippen LogP contribution in [0.5, 0.6) is 0 Å². The third-order valence-corrected chi connectivity index (χ3v) is 4.50. The molecule has 0 amide bonds. The molecule has 2 heterocycles. The number of aromatic amines is 1. The van der Waals surface area contributed by atoms with Gasteiger partial charge in [-0.15, -0.1) is 0 Å². The minimum absolute atomic E-state index is 0.300. The highest BCUT2D eigenvalue weighted by Crippen LogP contribution is 2.25. The molecule has 19 heavy (non-hydrogen) atoms. The van der Waals surface area contributed by atoms with E-state index in [-0.39, 0.29) is 0 Å². The van der Waals surface area contributed by atoms with Gasteiger partial charge in [-0.2, -0.15) is 11.3 Å². The van der Waals surface area contributed by atoms with E-state index in [0.29, 0.717) is 6.04 Å². The van der Waals surface area contributed by atoms with Gasteiger partial charge >= 0.3 is 0 Å². The summed E-state index contributed by atoms with van der Waals surface area (Å²) >= 11 is 13.2. The van der Waals surface area contributed by atoms with Crippen molar-refractivity contribution in [1.29, 1.82) is 0 Å². The highest BCUT2D eigenvalue weighted by atomic mass is 35.5. The minimum atomic E-state index is 0.300. The molecule has 0 radical (unpaired) electrons. The van der Waals surface area contributed by atoms with E-state index >= 15 is 0 Å². The molecule has 0 aliphatic heterocycles. The lowest BCUT2D eigenvalue weighted by Crippen LogP contribution is -2.07. The van der Waals surface area contributed by atoms with Gasteiger partial charge in [0.05, 0.1) is 11.0 Å². The Morgan fingerprint density at radius 1 is 1.42 bits per heavy atom. The first-order valence-corrected chi connectivity index (χ1v) is 7.79. The van der Waals surface area contributed by atoms with Crippen molar-refractivity contribution < 1.29 is 0 Å². The monoisotopic (exact) mass is 308 g/mol. The number of hydrogen-bond acceptors (Lipinski definition) is 2. The van der Waals surface area contributed by atoms with Crippen molar-refractivity contribution in [3.05, 3.63) is 50.4 Å². The lowest BCUT2D eigenvalue weighted by Gasteiger charge is -2.14. The van der Waals surface area contributed by atoms with Crippen LogP contribution >= 0.6 is 35.2 Å². The predicted molar refractivity (Wildman–Crippen MR) is 84.9 cm³/mol. The van der Waals surface area contributed by atoms with Gasteiger partial charge in [-0.05, 0) is 66.2 Å². The van der Waals surface area contributed by atoms with E-state index < -0.39 is 0 Å². The standard InChI is InChI=1S/C14H13ClN2S2/c1-9(6-10-4-5-19-8-10)17-13-7-11(15)2-3-12(13)16-14(17)18/h2-5,7-9H,6H2,1H3,(H,16,18). The van der Waals surface area contributed by atoms with Gasteiger partial charge in [0.1, 0.15) is 0 Å². The molecule has 1 unspecified atom stereocenters. The Morgan fingerprint density at radius 2 is 2.26 bits per heavy atom. The van der Waals surface area contributed by atoms with Crippen LogP contribution in [0.15, 0.2) is 35.0 Å². The van der Waals surface area contributed by atoms with Gasteiger partial charge in [0, 0.05) is 11.1 Å². The molecule has 1 atom stereocenters. The molecule has 0 bridgehead atoms. The van der Waals surface area contributed by atoms with E-state index in [1.165, 1.54) is 5.56 Å². The van der Waals surface area contributed by atoms with Gasteiger partial charge in [0.15, 0.2) is 4.77 Å². The summed E-state index contributed by atoms with van der Waals surface area (Å²) in [5, 5.41) is 5.02. The van der Waals surface area contributed by atoms with E-state index in [2.05, 4.69) is 33.3 Å². The number of rotatable bonds is 3. The molecular formula is C14H13ClN2S2. The number of fused-ring (bicyclic) bond motifs is 1. The molecule has 1 N–H and O–H groups in total. The van der Waals surface area contributed by atoms with Gasteiger partial charge in [0.2, 0.25) is 0 Å². The minimum Gasteiger partial charge on any atom is -0.331 e. The topological polar surface area (TPSA) is 20.7 Å². The lowest BCUT2D eigenvalue weighted by molar-refractivity contribution is 0.554. The van der Waals surface area contributed by atoms with E-state index in [0.717, 1.165) is 27.2 Å². The summed E-state index contributed by atoms with van der Waals surface area (Å²) in [6.07, 6.45) is 0.970. The second kappa shape index (κ2) is 5.12. The summed E-state index contributed by atoms with van der Waals surface area (Å²) in [7, 11) is 0. The molecule has 1 aromatic carbocycles. The largest absolute Gasteiger partial charge is 0.331 e. The summed E-state index contributed by atoms with van der Waals surface area (Å²) < 4.78 is 2.90. The summed E-state index contributed by atoms with van der Waals surface area (Å²) in [4.78, 5) is 3.24. The molecule has 0 saturated carbocycles. The van der Waals surface area contributed by atoms with Crippen LogP contribution < -0.4 is 0 Å². The Bertz CT molecular complexity index is 755. The third kappa shape index (κ3) is 2.48. The molecule has 3 aromatic rings. The Morgan fingerprint density at radius 3 is 3.00 bits per heavy atom. The fourth-order valence-electron chi connectivity index (χ4n) is 2.37. The summed E-state index contributed by atoms with van der Waals surface area (Å²) in [5.41, 5.74) is 3.45. The average molecular weight is 309 g/mol. The summed E-state index contributed by atoms with van der Waals surface area (Å²) in [6, 6.07) is 8.28. The third-order valence-electron chi connectivity index (χ3n) is 3.23. The number of hydrogen-bond donors (Lipinski definition) is 1. The van der Waals surface area contributed by atoms with Crippen LogP contribution in [0.1, 0.15) is 18.5 Å². The molecule has 0 aliphatic carbocycles. The summed E-state index contributed by atoms with van der Waals surface area (Å²) in [5.74, 6) is 0. The first-order valence-electron chi connectivity index (χ1n) is 6.06. The van der Waals surface area contributed by atoms with E-state index in [9.17, 15) is 0 Å². The zero-order chi connectivity index (χ0) is 13.4. The normalized spacial score (nSPS) is 12.9. The van der Waals surface area contributed by atoms with Crippen molar-refractivity contribution in [2.24, 2.45) is 0 Å². The number of halogens is 1. The van der Waals surface area contributed by atoms with Crippen LogP contribution in [-0.4, -0.2) is 9.55 Å². The first-order chi connectivity index (χ1) is 9.15. The number of imidazole rings is 1. The maximum absolute atomic E-state index is 6.09. The molecule has 0 aliphatic rings. The highest BCUT2D eigenvalue weighted by Gasteiger charge is 2.12. The van der Waals surface area contributed by atoms with Crippen molar-refractivity contribution >= 4 is 46.2 Å². The number of nitrogens with one attached hydrogen (secondary N) is 1. The van der Waals surface area contributed by atoms with E-state index in [1.54, 1.807) is 11.3 Å². The Balaban J connectivity index is 2.06. The fourth-order valence-corrected chi connectivity index (χ4v) is 3.61. The molecule has 5 heteroatoms. The Kier molecular flexibility index (Phi) is 3.48. The lowest BCUT2D eigenvalue weighted by atomic mass is 10.1. The molecule has 0 spiro atoms. The highest BCUT2D eigenvalue weighted by molar-refractivity contribution is 7.71. The van der Waals surface area contributed by atoms with Crippen LogP contribution in [-0.2, 0) is 6.42 Å². The van der Waals surface area contributed by atoms with Gasteiger partial charge in [-0.25, -0.2) is 0 Å². The molecule has 3 rings (SSSR count). The van der Waals surface area contributed by atoms with Crippen molar-refractivity contribution in [2.45, 2.75) is 19.4 Å². The molecular weight excluding hydrogens is 296 g/mol.